The fourth-order valence-corrected chi connectivity index (χ4v) is 2.87. The van der Waals surface area contributed by atoms with E-state index in [0.29, 0.717) is 16.6 Å². The van der Waals surface area contributed by atoms with Crippen LogP contribution in [0.1, 0.15) is 15.9 Å². The summed E-state index contributed by atoms with van der Waals surface area (Å²) in [6, 6.07) is 12.2. The molecule has 0 aliphatic heterocycles. The van der Waals surface area contributed by atoms with Gasteiger partial charge in [0.2, 0.25) is 0 Å². The molecule has 0 fully saturated rings. The molecule has 0 atom stereocenters. The molecule has 0 aliphatic carbocycles. The summed E-state index contributed by atoms with van der Waals surface area (Å²) in [5.74, 6) is -0.510. The van der Waals surface area contributed by atoms with Crippen LogP contribution in [0, 0.1) is 5.82 Å². The Morgan fingerprint density at radius 3 is 2.48 bits per heavy atom. The number of carbonyl (C=O) groups excluding carboxylic acids is 1. The Balaban J connectivity index is 2.11. The Labute approximate surface area is 136 Å². The summed E-state index contributed by atoms with van der Waals surface area (Å²) in [5, 5.41) is 0. The van der Waals surface area contributed by atoms with E-state index in [2.05, 4.69) is 15.9 Å². The SMILES string of the molecule is CSc1ccc(CN(C)C(=O)c2ccc(F)cc2Br)cc1. The molecule has 21 heavy (non-hydrogen) atoms. The number of halogens is 2. The lowest BCUT2D eigenvalue weighted by atomic mass is 10.1. The zero-order valence-corrected chi connectivity index (χ0v) is 14.2. The normalized spacial score (nSPS) is 10.5. The number of benzene rings is 2. The van der Waals surface area contributed by atoms with Crippen molar-refractivity contribution in [2.45, 2.75) is 11.4 Å². The van der Waals surface area contributed by atoms with E-state index in [9.17, 15) is 9.18 Å². The van der Waals surface area contributed by atoms with Gasteiger partial charge >= 0.3 is 0 Å². The molecule has 0 bridgehead atoms. The number of hydrogen-bond acceptors (Lipinski definition) is 2. The molecule has 2 rings (SSSR count). The zero-order chi connectivity index (χ0) is 15.4. The van der Waals surface area contributed by atoms with Crippen LogP contribution in [0.25, 0.3) is 0 Å². The molecule has 0 heterocycles. The molecule has 1 amide bonds. The molecule has 2 aromatic rings. The van der Waals surface area contributed by atoms with Crippen molar-refractivity contribution in [3.63, 3.8) is 0 Å². The van der Waals surface area contributed by atoms with E-state index >= 15 is 0 Å². The van der Waals surface area contributed by atoms with Gasteiger partial charge in [0.15, 0.2) is 0 Å². The summed E-state index contributed by atoms with van der Waals surface area (Å²) in [6.45, 7) is 0.511. The summed E-state index contributed by atoms with van der Waals surface area (Å²) in [6.07, 6.45) is 2.02. The van der Waals surface area contributed by atoms with Gasteiger partial charge in [-0.05, 0) is 58.1 Å². The monoisotopic (exact) mass is 367 g/mol. The van der Waals surface area contributed by atoms with E-state index in [-0.39, 0.29) is 11.7 Å². The summed E-state index contributed by atoms with van der Waals surface area (Å²) in [4.78, 5) is 15.2. The molecule has 0 radical (unpaired) electrons. The van der Waals surface area contributed by atoms with Gasteiger partial charge in [-0.15, -0.1) is 11.8 Å². The Hall–Kier alpha value is -1.33. The molecule has 0 spiro atoms. The average Bonchev–Trinajstić information content (AvgIpc) is 2.47. The molecule has 5 heteroatoms. The number of thioether (sulfide) groups is 1. The highest BCUT2D eigenvalue weighted by Gasteiger charge is 2.15. The summed E-state index contributed by atoms with van der Waals surface area (Å²) in [5.41, 5.74) is 1.52. The predicted molar refractivity (Wildman–Crippen MR) is 88.1 cm³/mol. The highest BCUT2D eigenvalue weighted by atomic mass is 79.9. The Bertz CT molecular complexity index is 645. The second-order valence-corrected chi connectivity index (χ2v) is 6.37. The topological polar surface area (TPSA) is 20.3 Å². The second-order valence-electron chi connectivity index (χ2n) is 4.63. The van der Waals surface area contributed by atoms with Crippen LogP contribution in [0.3, 0.4) is 0 Å². The first-order valence-corrected chi connectivity index (χ1v) is 8.36. The van der Waals surface area contributed by atoms with E-state index in [1.165, 1.54) is 23.1 Å². The van der Waals surface area contributed by atoms with Crippen LogP contribution < -0.4 is 0 Å². The van der Waals surface area contributed by atoms with Crippen molar-refractivity contribution < 1.29 is 9.18 Å². The fraction of sp³-hybridized carbons (Fsp3) is 0.188. The minimum Gasteiger partial charge on any atom is -0.337 e. The minimum absolute atomic E-state index is 0.143. The maximum atomic E-state index is 13.1. The van der Waals surface area contributed by atoms with Gasteiger partial charge in [-0.3, -0.25) is 4.79 Å². The molecule has 0 saturated heterocycles. The van der Waals surface area contributed by atoms with Gasteiger partial charge in [-0.2, -0.15) is 0 Å². The molecule has 2 aromatic carbocycles. The van der Waals surface area contributed by atoms with Gasteiger partial charge in [0, 0.05) is 23.0 Å². The molecule has 0 unspecified atom stereocenters. The highest BCUT2D eigenvalue weighted by Crippen LogP contribution is 2.21. The third-order valence-electron chi connectivity index (χ3n) is 3.09. The Morgan fingerprint density at radius 1 is 1.24 bits per heavy atom. The highest BCUT2D eigenvalue weighted by molar-refractivity contribution is 9.10. The zero-order valence-electron chi connectivity index (χ0n) is 11.8. The fourth-order valence-electron chi connectivity index (χ4n) is 1.95. The van der Waals surface area contributed by atoms with Gasteiger partial charge in [0.1, 0.15) is 5.82 Å². The number of carbonyl (C=O) groups is 1. The van der Waals surface area contributed by atoms with E-state index in [0.717, 1.165) is 5.56 Å². The van der Waals surface area contributed by atoms with E-state index < -0.39 is 0 Å². The lowest BCUT2D eigenvalue weighted by molar-refractivity contribution is 0.0784. The average molecular weight is 368 g/mol. The smallest absolute Gasteiger partial charge is 0.255 e. The largest absolute Gasteiger partial charge is 0.337 e. The minimum atomic E-state index is -0.367. The van der Waals surface area contributed by atoms with E-state index in [1.807, 2.05) is 30.5 Å². The first-order chi connectivity index (χ1) is 10.0. The lowest BCUT2D eigenvalue weighted by Crippen LogP contribution is -2.26. The summed E-state index contributed by atoms with van der Waals surface area (Å²) in [7, 11) is 1.74. The molecular formula is C16H15BrFNOS. The van der Waals surface area contributed by atoms with Crippen molar-refractivity contribution in [1.82, 2.24) is 4.90 Å². The summed E-state index contributed by atoms with van der Waals surface area (Å²) >= 11 is 4.91. The van der Waals surface area contributed by atoms with Crippen LogP contribution in [0.5, 0.6) is 0 Å². The van der Waals surface area contributed by atoms with E-state index in [4.69, 9.17) is 0 Å². The first kappa shape index (κ1) is 16.0. The number of rotatable bonds is 4. The van der Waals surface area contributed by atoms with Crippen molar-refractivity contribution in [3.8, 4) is 0 Å². The molecule has 2 nitrogen and oxygen atoms in total. The van der Waals surface area contributed by atoms with Gasteiger partial charge in [0.25, 0.3) is 5.91 Å². The Kier molecular flexibility index (Phi) is 5.42. The van der Waals surface area contributed by atoms with Crippen LogP contribution in [0.2, 0.25) is 0 Å². The second kappa shape index (κ2) is 7.09. The van der Waals surface area contributed by atoms with Crippen molar-refractivity contribution >= 4 is 33.6 Å². The molecule has 110 valence electrons. The number of hydrogen-bond donors (Lipinski definition) is 0. The molecule has 0 N–H and O–H groups in total. The predicted octanol–water partition coefficient (Wildman–Crippen LogP) is 4.58. The lowest BCUT2D eigenvalue weighted by Gasteiger charge is -2.18. The van der Waals surface area contributed by atoms with Crippen molar-refractivity contribution in [2.75, 3.05) is 13.3 Å². The molecule has 0 saturated carbocycles. The van der Waals surface area contributed by atoms with Crippen molar-refractivity contribution in [2.24, 2.45) is 0 Å². The first-order valence-electron chi connectivity index (χ1n) is 6.34. The van der Waals surface area contributed by atoms with Crippen LogP contribution in [-0.2, 0) is 6.54 Å². The maximum absolute atomic E-state index is 13.1. The molecular weight excluding hydrogens is 353 g/mol. The molecule has 0 aliphatic rings. The third kappa shape index (κ3) is 4.08. The maximum Gasteiger partial charge on any atom is 0.255 e. The van der Waals surface area contributed by atoms with Crippen molar-refractivity contribution in [1.29, 1.82) is 0 Å². The van der Waals surface area contributed by atoms with Gasteiger partial charge in [0.05, 0.1) is 5.56 Å². The number of nitrogens with zero attached hydrogens (tertiary/aromatic N) is 1. The Morgan fingerprint density at radius 2 is 1.90 bits per heavy atom. The van der Waals surface area contributed by atoms with Crippen LogP contribution in [0.15, 0.2) is 51.8 Å². The van der Waals surface area contributed by atoms with Gasteiger partial charge < -0.3 is 4.90 Å². The van der Waals surface area contributed by atoms with Crippen LogP contribution >= 0.6 is 27.7 Å². The molecule has 0 aromatic heterocycles. The van der Waals surface area contributed by atoms with Crippen LogP contribution in [-0.4, -0.2) is 24.1 Å². The third-order valence-corrected chi connectivity index (χ3v) is 4.49. The number of amides is 1. The van der Waals surface area contributed by atoms with Crippen molar-refractivity contribution in [3.05, 3.63) is 63.9 Å². The van der Waals surface area contributed by atoms with Gasteiger partial charge in [-0.25, -0.2) is 4.39 Å². The standard InChI is InChI=1S/C16H15BrFNOS/c1-19(10-11-3-6-13(21-2)7-4-11)16(20)14-8-5-12(18)9-15(14)17/h3-9H,10H2,1-2H3. The summed E-state index contributed by atoms with van der Waals surface area (Å²) < 4.78 is 13.5. The van der Waals surface area contributed by atoms with Gasteiger partial charge in [-0.1, -0.05) is 12.1 Å². The van der Waals surface area contributed by atoms with Crippen LogP contribution in [0.4, 0.5) is 4.39 Å². The van der Waals surface area contributed by atoms with E-state index in [1.54, 1.807) is 23.7 Å². The quantitative estimate of drug-likeness (QED) is 0.737.